The number of pyridine rings is 2. The van der Waals surface area contributed by atoms with Crippen LogP contribution in [0, 0.1) is 6.92 Å². The molecule has 1 amide bonds. The summed E-state index contributed by atoms with van der Waals surface area (Å²) in [6, 6.07) is 14.8. The van der Waals surface area contributed by atoms with Gasteiger partial charge < -0.3 is 23.9 Å². The van der Waals surface area contributed by atoms with E-state index in [0.29, 0.717) is 34.3 Å². The Kier molecular flexibility index (Phi) is 5.66. The van der Waals surface area contributed by atoms with Crippen LogP contribution < -0.4 is 14.8 Å². The van der Waals surface area contributed by atoms with Crippen molar-refractivity contribution < 1.29 is 18.8 Å². The fourth-order valence-corrected chi connectivity index (χ4v) is 4.02. The molecule has 35 heavy (non-hydrogen) atoms. The molecule has 0 aliphatic rings. The molecule has 5 aromatic rings. The van der Waals surface area contributed by atoms with Crippen LogP contribution in [0.25, 0.3) is 33.5 Å². The van der Waals surface area contributed by atoms with Gasteiger partial charge in [0, 0.05) is 35.8 Å². The Morgan fingerprint density at radius 2 is 1.89 bits per heavy atom. The monoisotopic (exact) mass is 469 g/mol. The molecule has 1 N–H and O–H groups in total. The Balaban J connectivity index is 1.50. The largest absolute Gasteiger partial charge is 0.481 e. The second-order valence-corrected chi connectivity index (χ2v) is 7.94. The smallest absolute Gasteiger partial charge is 0.261 e. The van der Waals surface area contributed by atoms with Crippen molar-refractivity contribution in [3.05, 3.63) is 72.2 Å². The highest BCUT2D eigenvalue weighted by Gasteiger charge is 2.23. The van der Waals surface area contributed by atoms with Crippen molar-refractivity contribution in [2.24, 2.45) is 7.05 Å². The van der Waals surface area contributed by atoms with Crippen LogP contribution in [0.3, 0.4) is 0 Å². The molecule has 4 aromatic heterocycles. The predicted octanol–water partition coefficient (Wildman–Crippen LogP) is 4.87. The maximum atomic E-state index is 13.2. The van der Waals surface area contributed by atoms with Gasteiger partial charge in [0.2, 0.25) is 11.8 Å². The van der Waals surface area contributed by atoms with Gasteiger partial charge in [0.05, 0.1) is 37.3 Å². The van der Waals surface area contributed by atoms with Crippen molar-refractivity contribution in [3.8, 4) is 34.3 Å². The van der Waals surface area contributed by atoms with Gasteiger partial charge in [0.25, 0.3) is 5.91 Å². The summed E-state index contributed by atoms with van der Waals surface area (Å²) in [4.78, 5) is 22.2. The lowest BCUT2D eigenvalue weighted by Crippen LogP contribution is -2.14. The molecule has 0 atom stereocenters. The molecular formula is C26H23N5O4. The van der Waals surface area contributed by atoms with Gasteiger partial charge in [0.1, 0.15) is 11.3 Å². The van der Waals surface area contributed by atoms with Crippen LogP contribution in [0.1, 0.15) is 16.1 Å². The number of amides is 1. The number of ether oxygens (including phenoxy) is 2. The molecule has 4 heterocycles. The average Bonchev–Trinajstić information content (AvgIpc) is 3.44. The van der Waals surface area contributed by atoms with Crippen LogP contribution in [0.5, 0.6) is 11.8 Å². The second-order valence-electron chi connectivity index (χ2n) is 7.94. The highest BCUT2D eigenvalue weighted by molar-refractivity contribution is 6.09. The molecule has 0 spiro atoms. The molecule has 9 nitrogen and oxygen atoms in total. The van der Waals surface area contributed by atoms with Crippen molar-refractivity contribution in [1.82, 2.24) is 19.7 Å². The number of hydrogen-bond donors (Lipinski definition) is 1. The van der Waals surface area contributed by atoms with E-state index in [1.807, 2.05) is 60.3 Å². The van der Waals surface area contributed by atoms with E-state index in [9.17, 15) is 4.79 Å². The van der Waals surface area contributed by atoms with Crippen LogP contribution in [0.2, 0.25) is 0 Å². The maximum Gasteiger partial charge on any atom is 0.261 e. The molecule has 176 valence electrons. The van der Waals surface area contributed by atoms with Crippen LogP contribution >= 0.6 is 0 Å². The number of aryl methyl sites for hydroxylation is 2. The number of aromatic nitrogens is 4. The van der Waals surface area contributed by atoms with Gasteiger partial charge >= 0.3 is 0 Å². The lowest BCUT2D eigenvalue weighted by atomic mass is 10.1. The van der Waals surface area contributed by atoms with E-state index in [1.54, 1.807) is 26.3 Å². The Morgan fingerprint density at radius 3 is 2.63 bits per heavy atom. The van der Waals surface area contributed by atoms with Crippen LogP contribution in [-0.2, 0) is 7.05 Å². The van der Waals surface area contributed by atoms with E-state index in [1.165, 1.54) is 7.11 Å². The number of carbonyl (C=O) groups is 1. The van der Waals surface area contributed by atoms with Crippen molar-refractivity contribution in [3.63, 3.8) is 0 Å². The number of rotatable bonds is 6. The third-order valence-corrected chi connectivity index (χ3v) is 5.76. The van der Waals surface area contributed by atoms with Gasteiger partial charge in [-0.3, -0.25) is 4.79 Å². The van der Waals surface area contributed by atoms with E-state index in [2.05, 4.69) is 20.4 Å². The molecule has 1 aromatic carbocycles. The summed E-state index contributed by atoms with van der Waals surface area (Å²) >= 11 is 0. The average molecular weight is 470 g/mol. The fourth-order valence-electron chi connectivity index (χ4n) is 4.02. The minimum absolute atomic E-state index is 0.282. The number of benzene rings is 1. The summed E-state index contributed by atoms with van der Waals surface area (Å²) in [6.07, 6.45) is 3.73. The zero-order valence-electron chi connectivity index (χ0n) is 19.7. The number of methoxy groups -OCH3 is 2. The first-order valence-electron chi connectivity index (χ1n) is 10.9. The zero-order valence-corrected chi connectivity index (χ0v) is 19.7. The van der Waals surface area contributed by atoms with Gasteiger partial charge in [0.15, 0.2) is 5.76 Å². The van der Waals surface area contributed by atoms with Gasteiger partial charge in [-0.25, -0.2) is 9.97 Å². The minimum atomic E-state index is -0.364. The first-order valence-corrected chi connectivity index (χ1v) is 10.9. The number of carbonyl (C=O) groups excluding carboxylic acids is 1. The van der Waals surface area contributed by atoms with Gasteiger partial charge in [-0.1, -0.05) is 35.5 Å². The molecule has 0 fully saturated rings. The highest BCUT2D eigenvalue weighted by Crippen LogP contribution is 2.34. The summed E-state index contributed by atoms with van der Waals surface area (Å²) in [5, 5.41) is 7.83. The normalized spacial score (nSPS) is 11.0. The Labute approximate surface area is 201 Å². The van der Waals surface area contributed by atoms with Crippen molar-refractivity contribution in [2.75, 3.05) is 19.5 Å². The number of nitrogens with zero attached hydrogens (tertiary/aromatic N) is 4. The Bertz CT molecular complexity index is 1540. The fraction of sp³-hybridized carbons (Fsp3) is 0.154. The standard InChI is InChI=1S/C26H23N5O4/c1-15-23(24(35-30-15)16-8-6-5-7-9-16)25(32)28-20-11-10-19(29-26(20)34-4)18-14-31(2)21-13-27-22(33-3)12-17(18)21/h5-14H,1-4H3,(H,28,32). The Morgan fingerprint density at radius 1 is 1.09 bits per heavy atom. The molecule has 5 rings (SSSR count). The number of hydrogen-bond acceptors (Lipinski definition) is 7. The second kappa shape index (κ2) is 8.94. The summed E-state index contributed by atoms with van der Waals surface area (Å²) in [6.45, 7) is 1.73. The van der Waals surface area contributed by atoms with E-state index in [4.69, 9.17) is 14.0 Å². The molecule has 0 bridgehead atoms. The molecule has 9 heteroatoms. The van der Waals surface area contributed by atoms with E-state index in [-0.39, 0.29) is 11.8 Å². The van der Waals surface area contributed by atoms with Crippen molar-refractivity contribution in [1.29, 1.82) is 0 Å². The molecule has 0 aliphatic heterocycles. The lowest BCUT2D eigenvalue weighted by Gasteiger charge is -2.11. The molecule has 0 radical (unpaired) electrons. The quantitative estimate of drug-likeness (QED) is 0.378. The zero-order chi connectivity index (χ0) is 24.5. The first kappa shape index (κ1) is 22.1. The van der Waals surface area contributed by atoms with Crippen LogP contribution in [-0.4, -0.2) is 39.8 Å². The predicted molar refractivity (Wildman–Crippen MR) is 132 cm³/mol. The van der Waals surface area contributed by atoms with Gasteiger partial charge in [-0.2, -0.15) is 0 Å². The maximum absolute atomic E-state index is 13.2. The van der Waals surface area contributed by atoms with Crippen molar-refractivity contribution in [2.45, 2.75) is 6.92 Å². The van der Waals surface area contributed by atoms with E-state index in [0.717, 1.165) is 22.0 Å². The number of nitrogens with one attached hydrogen (secondary N) is 1. The molecule has 0 aliphatic carbocycles. The third kappa shape index (κ3) is 3.97. The molecule has 0 unspecified atom stereocenters. The van der Waals surface area contributed by atoms with E-state index >= 15 is 0 Å². The molecule has 0 saturated carbocycles. The van der Waals surface area contributed by atoms with Crippen LogP contribution in [0.4, 0.5) is 5.69 Å². The number of anilines is 1. The van der Waals surface area contributed by atoms with Crippen molar-refractivity contribution >= 4 is 22.5 Å². The number of fused-ring (bicyclic) bond motifs is 1. The third-order valence-electron chi connectivity index (χ3n) is 5.76. The SMILES string of the molecule is COc1cc2c(-c3ccc(NC(=O)c4c(C)noc4-c4ccccc4)c(OC)n3)cn(C)c2cn1. The van der Waals surface area contributed by atoms with Gasteiger partial charge in [-0.05, 0) is 19.1 Å². The topological polar surface area (TPSA) is 104 Å². The highest BCUT2D eigenvalue weighted by atomic mass is 16.5. The summed E-state index contributed by atoms with van der Waals surface area (Å²) < 4.78 is 18.3. The van der Waals surface area contributed by atoms with E-state index < -0.39 is 0 Å². The lowest BCUT2D eigenvalue weighted by molar-refractivity contribution is 0.102. The van der Waals surface area contributed by atoms with Crippen LogP contribution in [0.15, 0.2) is 65.4 Å². The first-order chi connectivity index (χ1) is 17.0. The molecular weight excluding hydrogens is 446 g/mol. The van der Waals surface area contributed by atoms with Gasteiger partial charge in [-0.15, -0.1) is 0 Å². The summed E-state index contributed by atoms with van der Waals surface area (Å²) in [7, 11) is 5.03. The molecule has 0 saturated heterocycles. The summed E-state index contributed by atoms with van der Waals surface area (Å²) in [5.41, 5.74) is 4.56. The minimum Gasteiger partial charge on any atom is -0.481 e. The summed E-state index contributed by atoms with van der Waals surface area (Å²) in [5.74, 6) is 0.835. The Hall–Kier alpha value is -4.66.